The summed E-state index contributed by atoms with van der Waals surface area (Å²) < 4.78 is 56.0. The number of anilines is 2. The first-order valence-corrected chi connectivity index (χ1v) is 10.7. The SMILES string of the molecule is Cc1cnc(-c2ccc(-c3ccc(NC(=O)Nc4c(F)ccc(F)c4F)cc3F)c3c2C(=O)NC3)[nH]1. The van der Waals surface area contributed by atoms with Crippen molar-refractivity contribution in [2.24, 2.45) is 0 Å². The van der Waals surface area contributed by atoms with Crippen LogP contribution in [0.1, 0.15) is 21.6 Å². The van der Waals surface area contributed by atoms with Gasteiger partial charge in [0.2, 0.25) is 0 Å². The fourth-order valence-electron chi connectivity index (χ4n) is 4.08. The number of amides is 3. The third-order valence-electron chi connectivity index (χ3n) is 5.72. The van der Waals surface area contributed by atoms with Crippen LogP contribution >= 0.6 is 0 Å². The second-order valence-corrected chi connectivity index (χ2v) is 8.10. The molecule has 3 aromatic carbocycles. The van der Waals surface area contributed by atoms with E-state index in [9.17, 15) is 22.8 Å². The molecular formula is C25H17F4N5O2. The van der Waals surface area contributed by atoms with Crippen LogP contribution in [0.2, 0.25) is 0 Å². The molecule has 4 N–H and O–H groups in total. The second kappa shape index (κ2) is 8.84. The fraction of sp³-hybridized carbons (Fsp3) is 0.0800. The summed E-state index contributed by atoms with van der Waals surface area (Å²) in [7, 11) is 0. The van der Waals surface area contributed by atoms with Gasteiger partial charge in [-0.25, -0.2) is 27.3 Å². The zero-order valence-corrected chi connectivity index (χ0v) is 18.6. The Morgan fingerprint density at radius 3 is 2.36 bits per heavy atom. The maximum atomic E-state index is 15.1. The van der Waals surface area contributed by atoms with Crippen LogP contribution in [0.25, 0.3) is 22.5 Å². The predicted octanol–water partition coefficient (Wildman–Crippen LogP) is 5.50. The number of urea groups is 1. The van der Waals surface area contributed by atoms with Gasteiger partial charge in [0.05, 0.1) is 5.56 Å². The molecule has 0 atom stereocenters. The molecular weight excluding hydrogens is 478 g/mol. The van der Waals surface area contributed by atoms with Gasteiger partial charge in [0.15, 0.2) is 11.6 Å². The zero-order chi connectivity index (χ0) is 25.6. The van der Waals surface area contributed by atoms with Crippen LogP contribution in [0.5, 0.6) is 0 Å². The molecule has 3 amide bonds. The number of nitrogens with one attached hydrogen (secondary N) is 4. The standard InChI is InChI=1S/C25H17F4N5O2/c1-11-9-30-23(32-11)15-5-4-13(16-10-31-24(35)20(15)16)14-3-2-12(8-19(14)28)33-25(36)34-22-18(27)7-6-17(26)21(22)29/h2-9H,10H2,1H3,(H,30,32)(H,31,35)(H2,33,34,36). The lowest BCUT2D eigenvalue weighted by atomic mass is 9.92. The molecule has 36 heavy (non-hydrogen) atoms. The van der Waals surface area contributed by atoms with Crippen LogP contribution in [0.4, 0.5) is 33.7 Å². The first-order valence-electron chi connectivity index (χ1n) is 10.7. The summed E-state index contributed by atoms with van der Waals surface area (Å²) in [5, 5.41) is 6.88. The van der Waals surface area contributed by atoms with Gasteiger partial charge in [-0.3, -0.25) is 4.79 Å². The average molecular weight is 495 g/mol. The van der Waals surface area contributed by atoms with Gasteiger partial charge in [-0.15, -0.1) is 0 Å². The number of hydrogen-bond acceptors (Lipinski definition) is 3. The van der Waals surface area contributed by atoms with Crippen LogP contribution in [-0.4, -0.2) is 21.9 Å². The molecule has 7 nitrogen and oxygen atoms in total. The van der Waals surface area contributed by atoms with Crippen LogP contribution in [0.15, 0.2) is 48.7 Å². The highest BCUT2D eigenvalue weighted by atomic mass is 19.2. The lowest BCUT2D eigenvalue weighted by Gasteiger charge is -2.13. The molecule has 0 aliphatic carbocycles. The van der Waals surface area contributed by atoms with Gasteiger partial charge < -0.3 is 20.9 Å². The third kappa shape index (κ3) is 4.04. The lowest BCUT2D eigenvalue weighted by molar-refractivity contribution is 0.0966. The molecule has 0 unspecified atom stereocenters. The van der Waals surface area contributed by atoms with Crippen molar-refractivity contribution in [2.75, 3.05) is 10.6 Å². The number of aromatic nitrogens is 2. The molecule has 11 heteroatoms. The Labute approximate surface area is 201 Å². The number of imidazole rings is 1. The largest absolute Gasteiger partial charge is 0.348 e. The summed E-state index contributed by atoms with van der Waals surface area (Å²) in [6, 6.07) is 7.33. The first kappa shape index (κ1) is 23.1. The molecule has 0 fully saturated rings. The topological polar surface area (TPSA) is 98.9 Å². The summed E-state index contributed by atoms with van der Waals surface area (Å²) in [6.07, 6.45) is 1.64. The van der Waals surface area contributed by atoms with E-state index in [-0.39, 0.29) is 23.7 Å². The van der Waals surface area contributed by atoms with E-state index in [4.69, 9.17) is 0 Å². The number of carbonyl (C=O) groups excluding carboxylic acids is 2. The summed E-state index contributed by atoms with van der Waals surface area (Å²) in [5.41, 5.74) is 2.07. The van der Waals surface area contributed by atoms with Crippen molar-refractivity contribution < 1.29 is 27.2 Å². The molecule has 5 rings (SSSR count). The number of H-pyrrole nitrogens is 1. The van der Waals surface area contributed by atoms with Crippen molar-refractivity contribution in [1.29, 1.82) is 0 Å². The van der Waals surface area contributed by atoms with Crippen molar-refractivity contribution in [2.45, 2.75) is 13.5 Å². The van der Waals surface area contributed by atoms with E-state index < -0.39 is 35.0 Å². The molecule has 4 aromatic rings. The summed E-state index contributed by atoms with van der Waals surface area (Å²) in [5.74, 6) is -4.56. The van der Waals surface area contributed by atoms with Crippen LogP contribution in [0.3, 0.4) is 0 Å². The fourth-order valence-corrected chi connectivity index (χ4v) is 4.08. The van der Waals surface area contributed by atoms with Crippen molar-refractivity contribution in [3.8, 4) is 22.5 Å². The van der Waals surface area contributed by atoms with E-state index in [0.717, 1.165) is 11.8 Å². The smallest absolute Gasteiger partial charge is 0.323 e. The molecule has 0 spiro atoms. The van der Waals surface area contributed by atoms with Gasteiger partial charge in [-0.2, -0.15) is 0 Å². The lowest BCUT2D eigenvalue weighted by Crippen LogP contribution is -2.21. The number of aromatic amines is 1. The highest BCUT2D eigenvalue weighted by Crippen LogP contribution is 2.37. The van der Waals surface area contributed by atoms with Crippen LogP contribution < -0.4 is 16.0 Å². The van der Waals surface area contributed by atoms with E-state index in [1.807, 2.05) is 12.2 Å². The first-order chi connectivity index (χ1) is 17.2. The molecule has 1 aliphatic rings. The van der Waals surface area contributed by atoms with Crippen molar-refractivity contribution in [3.63, 3.8) is 0 Å². The Balaban J connectivity index is 1.43. The number of carbonyl (C=O) groups is 2. The minimum Gasteiger partial charge on any atom is -0.348 e. The maximum absolute atomic E-state index is 15.1. The molecule has 1 aromatic heterocycles. The van der Waals surface area contributed by atoms with Gasteiger partial charge in [-0.05, 0) is 54.4 Å². The van der Waals surface area contributed by atoms with E-state index in [2.05, 4.69) is 20.6 Å². The Hall–Kier alpha value is -4.67. The van der Waals surface area contributed by atoms with Crippen LogP contribution in [-0.2, 0) is 6.54 Å². The third-order valence-corrected chi connectivity index (χ3v) is 5.72. The van der Waals surface area contributed by atoms with Crippen molar-refractivity contribution >= 4 is 23.3 Å². The van der Waals surface area contributed by atoms with Gasteiger partial charge in [0.25, 0.3) is 5.91 Å². The Bertz CT molecular complexity index is 1550. The number of fused-ring (bicyclic) bond motifs is 1. The molecule has 1 aliphatic heterocycles. The Morgan fingerprint density at radius 1 is 0.917 bits per heavy atom. The van der Waals surface area contributed by atoms with E-state index in [0.29, 0.717) is 40.2 Å². The number of nitrogens with zero attached hydrogens (tertiary/aromatic N) is 1. The van der Waals surface area contributed by atoms with Crippen molar-refractivity contribution in [3.05, 3.63) is 88.8 Å². The maximum Gasteiger partial charge on any atom is 0.323 e. The monoisotopic (exact) mass is 495 g/mol. The molecule has 2 heterocycles. The Kier molecular flexibility index (Phi) is 5.67. The van der Waals surface area contributed by atoms with Crippen molar-refractivity contribution in [1.82, 2.24) is 15.3 Å². The number of benzene rings is 3. The predicted molar refractivity (Wildman–Crippen MR) is 124 cm³/mol. The normalized spacial score (nSPS) is 12.3. The zero-order valence-electron chi connectivity index (χ0n) is 18.6. The molecule has 0 bridgehead atoms. The molecule has 0 saturated carbocycles. The summed E-state index contributed by atoms with van der Waals surface area (Å²) in [6.45, 7) is 2.03. The molecule has 0 saturated heterocycles. The van der Waals surface area contributed by atoms with Gasteiger partial charge >= 0.3 is 6.03 Å². The molecule has 182 valence electrons. The van der Waals surface area contributed by atoms with Gasteiger partial charge in [0.1, 0.15) is 23.1 Å². The summed E-state index contributed by atoms with van der Waals surface area (Å²) in [4.78, 5) is 32.1. The molecule has 0 radical (unpaired) electrons. The average Bonchev–Trinajstić information content (AvgIpc) is 3.45. The highest BCUT2D eigenvalue weighted by Gasteiger charge is 2.28. The number of halogens is 4. The highest BCUT2D eigenvalue weighted by molar-refractivity contribution is 6.06. The Morgan fingerprint density at radius 2 is 1.64 bits per heavy atom. The minimum absolute atomic E-state index is 0.0144. The second-order valence-electron chi connectivity index (χ2n) is 8.10. The quantitative estimate of drug-likeness (QED) is 0.222. The summed E-state index contributed by atoms with van der Waals surface area (Å²) >= 11 is 0. The van der Waals surface area contributed by atoms with E-state index in [1.54, 1.807) is 18.3 Å². The van der Waals surface area contributed by atoms with E-state index >= 15 is 4.39 Å². The van der Waals surface area contributed by atoms with Gasteiger partial charge in [-0.1, -0.05) is 6.07 Å². The minimum atomic E-state index is -1.56. The number of rotatable bonds is 4. The number of hydrogen-bond donors (Lipinski definition) is 4. The van der Waals surface area contributed by atoms with Crippen LogP contribution in [0, 0.1) is 30.2 Å². The number of aryl methyl sites for hydroxylation is 1. The van der Waals surface area contributed by atoms with Gasteiger partial charge in [0, 0.05) is 35.2 Å². The van der Waals surface area contributed by atoms with E-state index in [1.165, 1.54) is 12.1 Å².